The lowest BCUT2D eigenvalue weighted by Gasteiger charge is -2.19. The van der Waals surface area contributed by atoms with E-state index in [4.69, 9.17) is 5.73 Å². The molecule has 0 atom stereocenters. The molecule has 1 aromatic carbocycles. The van der Waals surface area contributed by atoms with E-state index in [-0.39, 0.29) is 6.03 Å². The second-order valence-electron chi connectivity index (χ2n) is 4.66. The molecule has 0 saturated heterocycles. The zero-order valence-electron chi connectivity index (χ0n) is 10.7. The standard InChI is InChI=1S/C13H21N3O/c1-10(2)8-9-16(3)13(17)15-12-6-4-11(14)5-7-12/h4-7,10H,8-9,14H2,1-3H3,(H,15,17). The summed E-state index contributed by atoms with van der Waals surface area (Å²) in [6, 6.07) is 7.04. The second-order valence-corrected chi connectivity index (χ2v) is 4.66. The van der Waals surface area contributed by atoms with E-state index in [0.29, 0.717) is 11.6 Å². The van der Waals surface area contributed by atoms with Crippen LogP contribution in [0.5, 0.6) is 0 Å². The van der Waals surface area contributed by atoms with Gasteiger partial charge in [0.05, 0.1) is 0 Å². The molecule has 0 aromatic heterocycles. The fraction of sp³-hybridized carbons (Fsp3) is 0.462. The summed E-state index contributed by atoms with van der Waals surface area (Å²) in [5.41, 5.74) is 7.03. The van der Waals surface area contributed by atoms with Crippen molar-refractivity contribution >= 4 is 17.4 Å². The number of urea groups is 1. The number of nitrogens with two attached hydrogens (primary N) is 1. The number of amides is 2. The number of nitrogen functional groups attached to an aromatic ring is 1. The van der Waals surface area contributed by atoms with Crippen LogP contribution in [0, 0.1) is 5.92 Å². The predicted octanol–water partition coefficient (Wildman–Crippen LogP) is 2.78. The van der Waals surface area contributed by atoms with Gasteiger partial charge in [0.15, 0.2) is 0 Å². The van der Waals surface area contributed by atoms with Crippen LogP contribution in [-0.2, 0) is 0 Å². The Morgan fingerprint density at radius 3 is 2.47 bits per heavy atom. The minimum absolute atomic E-state index is 0.0876. The SMILES string of the molecule is CC(C)CCN(C)C(=O)Nc1ccc(N)cc1. The minimum atomic E-state index is -0.0876. The van der Waals surface area contributed by atoms with Gasteiger partial charge in [-0.3, -0.25) is 0 Å². The lowest BCUT2D eigenvalue weighted by molar-refractivity contribution is 0.220. The maximum absolute atomic E-state index is 11.8. The monoisotopic (exact) mass is 235 g/mol. The van der Waals surface area contributed by atoms with Gasteiger partial charge in [-0.15, -0.1) is 0 Å². The normalized spacial score (nSPS) is 10.4. The van der Waals surface area contributed by atoms with E-state index in [9.17, 15) is 4.79 Å². The Bertz CT molecular complexity index is 359. The van der Waals surface area contributed by atoms with Gasteiger partial charge in [0, 0.05) is 25.0 Å². The molecule has 0 heterocycles. The molecule has 94 valence electrons. The van der Waals surface area contributed by atoms with Crippen molar-refractivity contribution < 1.29 is 4.79 Å². The Morgan fingerprint density at radius 2 is 1.94 bits per heavy atom. The maximum atomic E-state index is 11.8. The van der Waals surface area contributed by atoms with Crippen LogP contribution in [-0.4, -0.2) is 24.5 Å². The molecule has 4 heteroatoms. The van der Waals surface area contributed by atoms with E-state index in [1.165, 1.54) is 0 Å². The Morgan fingerprint density at radius 1 is 1.35 bits per heavy atom. The van der Waals surface area contributed by atoms with Gasteiger partial charge < -0.3 is 16.0 Å². The van der Waals surface area contributed by atoms with E-state index in [1.54, 1.807) is 36.2 Å². The molecule has 2 amide bonds. The number of hydrogen-bond acceptors (Lipinski definition) is 2. The molecule has 4 nitrogen and oxygen atoms in total. The number of anilines is 2. The minimum Gasteiger partial charge on any atom is -0.399 e. The topological polar surface area (TPSA) is 58.4 Å². The van der Waals surface area contributed by atoms with E-state index in [1.807, 2.05) is 0 Å². The number of benzene rings is 1. The largest absolute Gasteiger partial charge is 0.399 e. The number of carbonyl (C=O) groups is 1. The van der Waals surface area contributed by atoms with Gasteiger partial charge in [-0.25, -0.2) is 4.79 Å². The van der Waals surface area contributed by atoms with Crippen molar-refractivity contribution in [3.8, 4) is 0 Å². The van der Waals surface area contributed by atoms with Gasteiger partial charge in [-0.1, -0.05) is 13.8 Å². The van der Waals surface area contributed by atoms with E-state index >= 15 is 0 Å². The summed E-state index contributed by atoms with van der Waals surface area (Å²) in [6.07, 6.45) is 1.01. The second kappa shape index (κ2) is 6.13. The fourth-order valence-corrected chi connectivity index (χ4v) is 1.34. The molecule has 0 aliphatic carbocycles. The summed E-state index contributed by atoms with van der Waals surface area (Å²) < 4.78 is 0. The number of hydrogen-bond donors (Lipinski definition) is 2. The van der Waals surface area contributed by atoms with E-state index in [2.05, 4.69) is 19.2 Å². The Balaban J connectivity index is 2.45. The summed E-state index contributed by atoms with van der Waals surface area (Å²) in [4.78, 5) is 13.5. The summed E-state index contributed by atoms with van der Waals surface area (Å²) in [7, 11) is 1.80. The molecule has 0 unspecified atom stereocenters. The molecule has 0 bridgehead atoms. The zero-order chi connectivity index (χ0) is 12.8. The van der Waals surface area contributed by atoms with Crippen molar-refractivity contribution in [3.63, 3.8) is 0 Å². The van der Waals surface area contributed by atoms with Crippen LogP contribution in [0.1, 0.15) is 20.3 Å². The van der Waals surface area contributed by atoms with Crippen molar-refractivity contribution in [1.29, 1.82) is 0 Å². The van der Waals surface area contributed by atoms with Crippen LogP contribution >= 0.6 is 0 Å². The van der Waals surface area contributed by atoms with Crippen LogP contribution in [0.15, 0.2) is 24.3 Å². The van der Waals surface area contributed by atoms with Crippen molar-refractivity contribution in [1.82, 2.24) is 4.90 Å². The molecular formula is C13H21N3O. The Kier molecular flexibility index (Phi) is 4.82. The highest BCUT2D eigenvalue weighted by atomic mass is 16.2. The third-order valence-electron chi connectivity index (χ3n) is 2.55. The maximum Gasteiger partial charge on any atom is 0.321 e. The van der Waals surface area contributed by atoms with Crippen LogP contribution < -0.4 is 11.1 Å². The van der Waals surface area contributed by atoms with Crippen LogP contribution in [0.2, 0.25) is 0 Å². The lowest BCUT2D eigenvalue weighted by atomic mass is 10.1. The molecule has 0 spiro atoms. The highest BCUT2D eigenvalue weighted by Crippen LogP contribution is 2.11. The summed E-state index contributed by atoms with van der Waals surface area (Å²) in [5.74, 6) is 0.599. The Labute approximate surface area is 103 Å². The first-order valence-corrected chi connectivity index (χ1v) is 5.86. The van der Waals surface area contributed by atoms with E-state index < -0.39 is 0 Å². The molecular weight excluding hydrogens is 214 g/mol. The van der Waals surface area contributed by atoms with Crippen molar-refractivity contribution in [3.05, 3.63) is 24.3 Å². The molecule has 0 aliphatic heterocycles. The smallest absolute Gasteiger partial charge is 0.321 e. The number of carbonyl (C=O) groups excluding carboxylic acids is 1. The third-order valence-corrected chi connectivity index (χ3v) is 2.55. The molecule has 0 fully saturated rings. The molecule has 1 aromatic rings. The van der Waals surface area contributed by atoms with Gasteiger partial charge in [0.2, 0.25) is 0 Å². The molecule has 0 saturated carbocycles. The predicted molar refractivity (Wildman–Crippen MR) is 72.0 cm³/mol. The van der Waals surface area contributed by atoms with Crippen molar-refractivity contribution in [2.75, 3.05) is 24.6 Å². The average Bonchev–Trinajstić information content (AvgIpc) is 2.28. The van der Waals surface area contributed by atoms with Gasteiger partial charge in [0.25, 0.3) is 0 Å². The number of nitrogens with one attached hydrogen (secondary N) is 1. The van der Waals surface area contributed by atoms with Gasteiger partial charge in [-0.2, -0.15) is 0 Å². The highest BCUT2D eigenvalue weighted by Gasteiger charge is 2.08. The zero-order valence-corrected chi connectivity index (χ0v) is 10.7. The molecule has 3 N–H and O–H groups in total. The van der Waals surface area contributed by atoms with Crippen LogP contribution in [0.25, 0.3) is 0 Å². The van der Waals surface area contributed by atoms with Crippen LogP contribution in [0.3, 0.4) is 0 Å². The Hall–Kier alpha value is -1.71. The lowest BCUT2D eigenvalue weighted by Crippen LogP contribution is -2.32. The first-order chi connectivity index (χ1) is 7.99. The summed E-state index contributed by atoms with van der Waals surface area (Å²) >= 11 is 0. The summed E-state index contributed by atoms with van der Waals surface area (Å²) in [5, 5.41) is 2.82. The third kappa shape index (κ3) is 4.76. The van der Waals surface area contributed by atoms with Gasteiger partial charge in [-0.05, 0) is 36.6 Å². The van der Waals surface area contributed by atoms with Crippen molar-refractivity contribution in [2.24, 2.45) is 5.92 Å². The van der Waals surface area contributed by atoms with Crippen molar-refractivity contribution in [2.45, 2.75) is 20.3 Å². The average molecular weight is 235 g/mol. The van der Waals surface area contributed by atoms with E-state index in [0.717, 1.165) is 18.7 Å². The quantitative estimate of drug-likeness (QED) is 0.788. The fourth-order valence-electron chi connectivity index (χ4n) is 1.34. The molecule has 0 aliphatic rings. The number of rotatable bonds is 4. The highest BCUT2D eigenvalue weighted by molar-refractivity contribution is 5.89. The van der Waals surface area contributed by atoms with Gasteiger partial charge >= 0.3 is 6.03 Å². The first-order valence-electron chi connectivity index (χ1n) is 5.86. The molecule has 0 radical (unpaired) electrons. The molecule has 1 rings (SSSR count). The van der Waals surface area contributed by atoms with Gasteiger partial charge in [0.1, 0.15) is 0 Å². The van der Waals surface area contributed by atoms with Crippen LogP contribution in [0.4, 0.5) is 16.2 Å². The summed E-state index contributed by atoms with van der Waals surface area (Å²) in [6.45, 7) is 5.05. The molecule has 17 heavy (non-hydrogen) atoms. The first kappa shape index (κ1) is 13.4. The number of nitrogens with zero attached hydrogens (tertiary/aromatic N) is 1.